The minimum atomic E-state index is -0.394. The maximum atomic E-state index is 12.7. The Morgan fingerprint density at radius 1 is 1.38 bits per heavy atom. The molecule has 16 heavy (non-hydrogen) atoms. The highest BCUT2D eigenvalue weighted by Gasteiger charge is 2.44. The van der Waals surface area contributed by atoms with E-state index < -0.39 is 6.10 Å². The van der Waals surface area contributed by atoms with E-state index >= 15 is 0 Å². The van der Waals surface area contributed by atoms with E-state index in [1.807, 2.05) is 0 Å². The predicted octanol–water partition coefficient (Wildman–Crippen LogP) is 2.82. The molecule has 1 unspecified atom stereocenters. The van der Waals surface area contributed by atoms with Crippen molar-refractivity contribution in [3.63, 3.8) is 0 Å². The van der Waals surface area contributed by atoms with Crippen LogP contribution in [0.3, 0.4) is 0 Å². The van der Waals surface area contributed by atoms with Crippen molar-refractivity contribution >= 4 is 0 Å². The fourth-order valence-electron chi connectivity index (χ4n) is 1.91. The molecule has 1 aromatic carbocycles. The molecule has 1 aromatic rings. The first-order valence-corrected chi connectivity index (χ1v) is 5.81. The van der Waals surface area contributed by atoms with E-state index in [1.54, 1.807) is 12.1 Å². The van der Waals surface area contributed by atoms with Gasteiger partial charge in [-0.2, -0.15) is 0 Å². The molecule has 0 aliphatic carbocycles. The lowest BCUT2D eigenvalue weighted by molar-refractivity contribution is 0.124. The molecule has 3 atom stereocenters. The van der Waals surface area contributed by atoms with Crippen LogP contribution in [0, 0.1) is 5.82 Å². The largest absolute Gasteiger partial charge is 0.390 e. The van der Waals surface area contributed by atoms with Gasteiger partial charge in [-0.1, -0.05) is 31.9 Å². The second kappa shape index (κ2) is 4.93. The van der Waals surface area contributed by atoms with Gasteiger partial charge >= 0.3 is 0 Å². The lowest BCUT2D eigenvalue weighted by atomic mass is 10.0. The third kappa shape index (κ3) is 2.60. The molecule has 3 heteroatoms. The summed E-state index contributed by atoms with van der Waals surface area (Å²) in [5, 5.41) is 9.81. The van der Waals surface area contributed by atoms with Crippen LogP contribution in [0.25, 0.3) is 0 Å². The zero-order chi connectivity index (χ0) is 11.5. The molecular formula is C13H17FO2. The maximum absolute atomic E-state index is 12.7. The average molecular weight is 224 g/mol. The molecule has 0 saturated carbocycles. The minimum Gasteiger partial charge on any atom is -0.390 e. The summed E-state index contributed by atoms with van der Waals surface area (Å²) >= 11 is 0. The van der Waals surface area contributed by atoms with Crippen LogP contribution in [-0.4, -0.2) is 17.3 Å². The third-order valence-corrected chi connectivity index (χ3v) is 2.96. The van der Waals surface area contributed by atoms with Gasteiger partial charge in [0.25, 0.3) is 0 Å². The van der Waals surface area contributed by atoms with Crippen molar-refractivity contribution < 1.29 is 14.2 Å². The van der Waals surface area contributed by atoms with Crippen LogP contribution >= 0.6 is 0 Å². The van der Waals surface area contributed by atoms with Crippen molar-refractivity contribution in [1.29, 1.82) is 0 Å². The number of hydrogen-bond acceptors (Lipinski definition) is 2. The van der Waals surface area contributed by atoms with Crippen LogP contribution in [0.1, 0.15) is 37.9 Å². The Hall–Kier alpha value is -0.930. The van der Waals surface area contributed by atoms with Crippen LogP contribution in [0.5, 0.6) is 0 Å². The molecule has 0 aromatic heterocycles. The molecule has 1 fully saturated rings. The lowest BCUT2D eigenvalue weighted by Crippen LogP contribution is -2.14. The van der Waals surface area contributed by atoms with Crippen molar-refractivity contribution in [3.05, 3.63) is 35.6 Å². The Bertz CT molecular complexity index is 336. The van der Waals surface area contributed by atoms with Gasteiger partial charge in [-0.3, -0.25) is 0 Å². The summed E-state index contributed by atoms with van der Waals surface area (Å²) in [5.41, 5.74) is 0.946. The van der Waals surface area contributed by atoms with E-state index in [2.05, 4.69) is 6.92 Å². The van der Waals surface area contributed by atoms with Crippen LogP contribution in [0.2, 0.25) is 0 Å². The summed E-state index contributed by atoms with van der Waals surface area (Å²) in [4.78, 5) is 0. The molecule has 0 radical (unpaired) electrons. The minimum absolute atomic E-state index is 0.0487. The predicted molar refractivity (Wildman–Crippen MR) is 59.5 cm³/mol. The van der Waals surface area contributed by atoms with Crippen molar-refractivity contribution in [3.8, 4) is 0 Å². The van der Waals surface area contributed by atoms with E-state index in [4.69, 9.17) is 4.74 Å². The quantitative estimate of drug-likeness (QED) is 0.780. The number of benzene rings is 1. The molecule has 88 valence electrons. The van der Waals surface area contributed by atoms with Gasteiger partial charge in [0.2, 0.25) is 0 Å². The Morgan fingerprint density at radius 2 is 2.06 bits per heavy atom. The van der Waals surface area contributed by atoms with Crippen LogP contribution < -0.4 is 0 Å². The normalized spacial score (nSPS) is 25.4. The molecule has 1 aliphatic heterocycles. The van der Waals surface area contributed by atoms with Gasteiger partial charge in [0.1, 0.15) is 18.0 Å². The smallest absolute Gasteiger partial charge is 0.123 e. The summed E-state index contributed by atoms with van der Waals surface area (Å²) in [6.07, 6.45) is 2.32. The van der Waals surface area contributed by atoms with Crippen molar-refractivity contribution in [2.45, 2.75) is 44.5 Å². The number of rotatable bonds is 5. The molecular weight excluding hydrogens is 207 g/mol. The monoisotopic (exact) mass is 224 g/mol. The van der Waals surface area contributed by atoms with Crippen molar-refractivity contribution in [2.24, 2.45) is 0 Å². The first-order valence-electron chi connectivity index (χ1n) is 5.81. The van der Waals surface area contributed by atoms with Crippen LogP contribution in [-0.2, 0) is 4.74 Å². The Kier molecular flexibility index (Phi) is 3.56. The molecule has 1 N–H and O–H groups in total. The SMILES string of the molecule is CCCCC(O)[C@@H]1O[C@H]1c1ccc(F)cc1. The Balaban J connectivity index is 1.88. The van der Waals surface area contributed by atoms with Gasteiger partial charge in [0.15, 0.2) is 0 Å². The second-order valence-electron chi connectivity index (χ2n) is 4.28. The topological polar surface area (TPSA) is 32.8 Å². The summed E-state index contributed by atoms with van der Waals surface area (Å²) in [6, 6.07) is 6.28. The summed E-state index contributed by atoms with van der Waals surface area (Å²) in [7, 11) is 0. The third-order valence-electron chi connectivity index (χ3n) is 2.96. The standard InChI is InChI=1S/C13H17FO2/c1-2-3-4-11(15)13-12(16-13)9-5-7-10(14)8-6-9/h5-8,11-13,15H,2-4H2,1H3/t11?,12-,13-/m0/s1. The van der Waals surface area contributed by atoms with Gasteiger partial charge in [0, 0.05) is 0 Å². The van der Waals surface area contributed by atoms with E-state index in [-0.39, 0.29) is 18.0 Å². The highest BCUT2D eigenvalue weighted by Crippen LogP contribution is 2.41. The van der Waals surface area contributed by atoms with Gasteiger partial charge < -0.3 is 9.84 Å². The fraction of sp³-hybridized carbons (Fsp3) is 0.538. The number of aliphatic hydroxyl groups is 1. The molecule has 1 heterocycles. The highest BCUT2D eigenvalue weighted by atomic mass is 19.1. The zero-order valence-corrected chi connectivity index (χ0v) is 9.40. The lowest BCUT2D eigenvalue weighted by Gasteiger charge is -2.05. The summed E-state index contributed by atoms with van der Waals surface area (Å²) < 4.78 is 18.1. The Morgan fingerprint density at radius 3 is 2.69 bits per heavy atom. The van der Waals surface area contributed by atoms with E-state index in [1.165, 1.54) is 12.1 Å². The number of halogens is 1. The molecule has 1 aliphatic rings. The number of epoxide rings is 1. The first-order chi connectivity index (χ1) is 7.72. The molecule has 1 saturated heterocycles. The van der Waals surface area contributed by atoms with Gasteiger partial charge in [0.05, 0.1) is 6.10 Å². The molecule has 0 bridgehead atoms. The fourth-order valence-corrected chi connectivity index (χ4v) is 1.91. The van der Waals surface area contributed by atoms with Crippen molar-refractivity contribution in [2.75, 3.05) is 0 Å². The van der Waals surface area contributed by atoms with Crippen LogP contribution in [0.4, 0.5) is 4.39 Å². The maximum Gasteiger partial charge on any atom is 0.123 e. The second-order valence-corrected chi connectivity index (χ2v) is 4.28. The number of unbranched alkanes of at least 4 members (excludes halogenated alkanes) is 1. The van der Waals surface area contributed by atoms with E-state index in [0.717, 1.165) is 24.8 Å². The van der Waals surface area contributed by atoms with Gasteiger partial charge in [-0.15, -0.1) is 0 Å². The molecule has 2 nitrogen and oxygen atoms in total. The number of ether oxygens (including phenoxy) is 1. The van der Waals surface area contributed by atoms with Gasteiger partial charge in [-0.05, 0) is 24.1 Å². The highest BCUT2D eigenvalue weighted by molar-refractivity contribution is 5.23. The molecule has 0 amide bonds. The van der Waals surface area contributed by atoms with Crippen LogP contribution in [0.15, 0.2) is 24.3 Å². The average Bonchev–Trinajstić information content (AvgIpc) is 3.07. The number of hydrogen-bond donors (Lipinski definition) is 1. The molecule has 2 rings (SSSR count). The van der Waals surface area contributed by atoms with E-state index in [9.17, 15) is 9.50 Å². The first kappa shape index (κ1) is 11.6. The summed E-state index contributed by atoms with van der Waals surface area (Å²) in [5.74, 6) is -0.243. The van der Waals surface area contributed by atoms with Gasteiger partial charge in [-0.25, -0.2) is 4.39 Å². The zero-order valence-electron chi connectivity index (χ0n) is 9.40. The molecule has 0 spiro atoms. The Labute approximate surface area is 95.1 Å². The van der Waals surface area contributed by atoms with Crippen molar-refractivity contribution in [1.82, 2.24) is 0 Å². The van der Waals surface area contributed by atoms with E-state index in [0.29, 0.717) is 0 Å². The number of aliphatic hydroxyl groups excluding tert-OH is 1. The summed E-state index contributed by atoms with van der Waals surface area (Å²) in [6.45, 7) is 2.10.